The van der Waals surface area contributed by atoms with Crippen LogP contribution in [0.15, 0.2) is 24.3 Å². The minimum absolute atomic E-state index is 0.154. The molecule has 0 bridgehead atoms. The third-order valence-corrected chi connectivity index (χ3v) is 3.08. The maximum atomic E-state index is 11.9. The first kappa shape index (κ1) is 16.6. The Morgan fingerprint density at radius 3 is 2.29 bits per heavy atom. The molecule has 0 aliphatic heterocycles. The molecule has 0 aromatic heterocycles. The monoisotopic (exact) mass is 292 g/mol. The van der Waals surface area contributed by atoms with Gasteiger partial charge in [0.05, 0.1) is 0 Å². The number of carbonyl (C=O) groups is 3. The summed E-state index contributed by atoms with van der Waals surface area (Å²) in [5, 5.41) is 5.01. The van der Waals surface area contributed by atoms with Crippen LogP contribution in [0.2, 0.25) is 0 Å². The molecule has 0 radical (unpaired) electrons. The quantitative estimate of drug-likeness (QED) is 0.486. The number of amides is 3. The van der Waals surface area contributed by atoms with Crippen LogP contribution < -0.4 is 22.1 Å². The van der Waals surface area contributed by atoms with Crippen molar-refractivity contribution in [3.8, 4) is 0 Å². The maximum absolute atomic E-state index is 11.9. The largest absolute Gasteiger partial charge is 0.369 e. The molecule has 6 N–H and O–H groups in total. The lowest BCUT2D eigenvalue weighted by atomic mass is 10.0. The summed E-state index contributed by atoms with van der Waals surface area (Å²) in [5.74, 6) is -2.39. The Kier molecular flexibility index (Phi) is 6.35. The molecule has 0 heterocycles. The summed E-state index contributed by atoms with van der Waals surface area (Å²) < 4.78 is 0. The summed E-state index contributed by atoms with van der Waals surface area (Å²) in [4.78, 5) is 34.5. The highest BCUT2D eigenvalue weighted by Gasteiger charge is 2.22. The first-order valence-corrected chi connectivity index (χ1v) is 6.57. The van der Waals surface area contributed by atoms with Gasteiger partial charge in [-0.15, -0.1) is 0 Å². The molecule has 0 aliphatic rings. The molecule has 1 atom stereocenters. The summed E-state index contributed by atoms with van der Waals surface area (Å²) in [7, 11) is 1.43. The zero-order chi connectivity index (χ0) is 15.8. The molecule has 7 heteroatoms. The van der Waals surface area contributed by atoms with E-state index < -0.39 is 17.7 Å². The third-order valence-electron chi connectivity index (χ3n) is 3.08. The average molecular weight is 292 g/mol. The van der Waals surface area contributed by atoms with Gasteiger partial charge < -0.3 is 22.1 Å². The van der Waals surface area contributed by atoms with Crippen LogP contribution >= 0.6 is 0 Å². The van der Waals surface area contributed by atoms with Crippen molar-refractivity contribution in [3.63, 3.8) is 0 Å². The van der Waals surface area contributed by atoms with E-state index in [0.29, 0.717) is 12.1 Å². The van der Waals surface area contributed by atoms with E-state index in [-0.39, 0.29) is 18.9 Å². The van der Waals surface area contributed by atoms with Gasteiger partial charge >= 0.3 is 0 Å². The Morgan fingerprint density at radius 1 is 1.19 bits per heavy atom. The van der Waals surface area contributed by atoms with Crippen molar-refractivity contribution in [1.29, 1.82) is 0 Å². The van der Waals surface area contributed by atoms with Gasteiger partial charge in [-0.3, -0.25) is 14.4 Å². The number of carbonyl (C=O) groups excluding carboxylic acids is 3. The molecule has 0 saturated heterocycles. The highest BCUT2D eigenvalue weighted by atomic mass is 16.2. The summed E-state index contributed by atoms with van der Waals surface area (Å²) in [5.41, 5.74) is 12.0. The maximum Gasteiger partial charge on any atom is 0.251 e. The average Bonchev–Trinajstić information content (AvgIpc) is 2.50. The molecular formula is C14H20N4O3. The van der Waals surface area contributed by atoms with Crippen LogP contribution in [-0.2, 0) is 16.1 Å². The first-order chi connectivity index (χ1) is 9.99. The van der Waals surface area contributed by atoms with Gasteiger partial charge in [-0.25, -0.2) is 0 Å². The van der Waals surface area contributed by atoms with Gasteiger partial charge in [-0.05, 0) is 24.1 Å². The number of nitrogens with two attached hydrogens (primary N) is 2. The van der Waals surface area contributed by atoms with Gasteiger partial charge in [0.25, 0.3) is 5.91 Å². The zero-order valence-electron chi connectivity index (χ0n) is 11.9. The Morgan fingerprint density at radius 2 is 1.81 bits per heavy atom. The molecule has 0 spiro atoms. The van der Waals surface area contributed by atoms with Crippen molar-refractivity contribution in [2.75, 3.05) is 13.6 Å². The van der Waals surface area contributed by atoms with Gasteiger partial charge in [0, 0.05) is 25.7 Å². The molecule has 0 fully saturated rings. The second-order valence-electron chi connectivity index (χ2n) is 4.51. The second-order valence-corrected chi connectivity index (χ2v) is 4.51. The van der Waals surface area contributed by atoms with E-state index in [1.807, 2.05) is 0 Å². The van der Waals surface area contributed by atoms with Gasteiger partial charge in [0.15, 0.2) is 0 Å². The molecule has 0 saturated carbocycles. The van der Waals surface area contributed by atoms with E-state index in [2.05, 4.69) is 10.6 Å². The number of hydrogen-bond donors (Lipinski definition) is 4. The van der Waals surface area contributed by atoms with Crippen molar-refractivity contribution in [2.24, 2.45) is 17.4 Å². The molecule has 1 rings (SSSR count). The Bertz CT molecular complexity index is 513. The number of primary amides is 1. The Labute approximate surface area is 123 Å². The highest BCUT2D eigenvalue weighted by Crippen LogP contribution is 2.05. The molecular weight excluding hydrogens is 272 g/mol. The van der Waals surface area contributed by atoms with Gasteiger partial charge in [-0.2, -0.15) is 0 Å². The fourth-order valence-corrected chi connectivity index (χ4v) is 1.80. The summed E-state index contributed by atoms with van der Waals surface area (Å²) >= 11 is 0. The fourth-order valence-electron chi connectivity index (χ4n) is 1.80. The predicted octanol–water partition coefficient (Wildman–Crippen LogP) is -0.887. The fraction of sp³-hybridized carbons (Fsp3) is 0.357. The molecule has 114 valence electrons. The van der Waals surface area contributed by atoms with Crippen LogP contribution in [0, 0.1) is 5.92 Å². The van der Waals surface area contributed by atoms with Crippen LogP contribution in [0.3, 0.4) is 0 Å². The predicted molar refractivity (Wildman–Crippen MR) is 78.0 cm³/mol. The third kappa shape index (κ3) is 4.88. The van der Waals surface area contributed by atoms with Crippen LogP contribution in [0.5, 0.6) is 0 Å². The van der Waals surface area contributed by atoms with E-state index in [0.717, 1.165) is 5.56 Å². The molecule has 1 unspecified atom stereocenters. The summed E-state index contributed by atoms with van der Waals surface area (Å²) in [6.45, 7) is 0.590. The lowest BCUT2D eigenvalue weighted by Crippen LogP contribution is -2.39. The minimum Gasteiger partial charge on any atom is -0.369 e. The molecule has 0 aliphatic carbocycles. The van der Waals surface area contributed by atoms with Gasteiger partial charge in [0.1, 0.15) is 5.92 Å². The molecule has 21 heavy (non-hydrogen) atoms. The summed E-state index contributed by atoms with van der Waals surface area (Å²) in [6.07, 6.45) is 0.154. The minimum atomic E-state index is -0.949. The number of rotatable bonds is 7. The van der Waals surface area contributed by atoms with Crippen molar-refractivity contribution < 1.29 is 14.4 Å². The van der Waals surface area contributed by atoms with Gasteiger partial charge in [-0.1, -0.05) is 12.1 Å². The van der Waals surface area contributed by atoms with Crippen molar-refractivity contribution >= 4 is 17.7 Å². The van der Waals surface area contributed by atoms with E-state index in [9.17, 15) is 14.4 Å². The highest BCUT2D eigenvalue weighted by molar-refractivity contribution is 5.99. The molecule has 1 aromatic carbocycles. The molecule has 1 aromatic rings. The first-order valence-electron chi connectivity index (χ1n) is 6.57. The standard InChI is InChI=1S/C14H20N4O3/c1-17-14(21)11(12(16)19)6-7-18-13(20)10-4-2-9(8-15)3-5-10/h2-5,11H,6-8,15H2,1H3,(H2,16,19)(H,17,21)(H,18,20). The van der Waals surface area contributed by atoms with Crippen LogP contribution in [0.25, 0.3) is 0 Å². The summed E-state index contributed by atoms with van der Waals surface area (Å²) in [6, 6.07) is 6.88. The van der Waals surface area contributed by atoms with Crippen LogP contribution in [0.1, 0.15) is 22.3 Å². The molecule has 7 nitrogen and oxygen atoms in total. The lowest BCUT2D eigenvalue weighted by Gasteiger charge is -2.12. The zero-order valence-corrected chi connectivity index (χ0v) is 11.9. The smallest absolute Gasteiger partial charge is 0.251 e. The Balaban J connectivity index is 2.51. The number of benzene rings is 1. The number of hydrogen-bond acceptors (Lipinski definition) is 4. The van der Waals surface area contributed by atoms with Crippen molar-refractivity contribution in [2.45, 2.75) is 13.0 Å². The molecule has 3 amide bonds. The normalized spacial score (nSPS) is 11.5. The Hall–Kier alpha value is -2.41. The van der Waals surface area contributed by atoms with E-state index in [4.69, 9.17) is 11.5 Å². The van der Waals surface area contributed by atoms with E-state index in [1.54, 1.807) is 24.3 Å². The van der Waals surface area contributed by atoms with E-state index >= 15 is 0 Å². The second kappa shape index (κ2) is 8.01. The van der Waals surface area contributed by atoms with Crippen LogP contribution in [-0.4, -0.2) is 31.3 Å². The SMILES string of the molecule is CNC(=O)C(CCNC(=O)c1ccc(CN)cc1)C(N)=O. The number of nitrogens with one attached hydrogen (secondary N) is 2. The topological polar surface area (TPSA) is 127 Å². The van der Waals surface area contributed by atoms with Crippen molar-refractivity contribution in [3.05, 3.63) is 35.4 Å². The van der Waals surface area contributed by atoms with Crippen LogP contribution in [0.4, 0.5) is 0 Å². The van der Waals surface area contributed by atoms with Gasteiger partial charge in [0.2, 0.25) is 11.8 Å². The van der Waals surface area contributed by atoms with E-state index in [1.165, 1.54) is 7.05 Å². The lowest BCUT2D eigenvalue weighted by molar-refractivity contribution is -0.133. The van der Waals surface area contributed by atoms with Crippen molar-refractivity contribution in [1.82, 2.24) is 10.6 Å².